The van der Waals surface area contributed by atoms with E-state index in [1.807, 2.05) is 0 Å². The molecule has 162 valence electrons. The van der Waals surface area contributed by atoms with Gasteiger partial charge in [-0.15, -0.1) is 11.6 Å². The van der Waals surface area contributed by atoms with Crippen LogP contribution in [0.4, 0.5) is 26.3 Å². The van der Waals surface area contributed by atoms with Gasteiger partial charge in [-0.05, 0) is 0 Å². The number of hydrogen-bond donors (Lipinski definition) is 1. The molecule has 29 heavy (non-hydrogen) atoms. The maximum absolute atomic E-state index is 12.7. The van der Waals surface area contributed by atoms with Crippen LogP contribution >= 0.6 is 11.6 Å². The fourth-order valence-electron chi connectivity index (χ4n) is 2.65. The van der Waals surface area contributed by atoms with Crippen molar-refractivity contribution >= 4 is 11.6 Å². The molecule has 2 rings (SSSR count). The van der Waals surface area contributed by atoms with E-state index >= 15 is 0 Å². The third kappa shape index (κ3) is 4.29. The van der Waals surface area contributed by atoms with E-state index in [-0.39, 0.29) is 0 Å². The summed E-state index contributed by atoms with van der Waals surface area (Å²) in [6.07, 6.45) is -2.36. The lowest BCUT2D eigenvalue weighted by atomic mass is 9.80. The first-order chi connectivity index (χ1) is 13.2. The van der Waals surface area contributed by atoms with Crippen LogP contribution in [0.3, 0.4) is 0 Å². The van der Waals surface area contributed by atoms with Crippen molar-refractivity contribution in [1.82, 2.24) is 0 Å². The molecule has 0 saturated heterocycles. The quantitative estimate of drug-likeness (QED) is 0.306. The van der Waals surface area contributed by atoms with E-state index < -0.39 is 51.1 Å². The van der Waals surface area contributed by atoms with Crippen molar-refractivity contribution in [2.24, 2.45) is 11.7 Å². The SMILES string of the molecule is NCC1C=CC=CC1([N+](=O)[O-])C(F)(F)F.O=[N+]([O-])C1(C(F)(F)F)C=CC=CC1Cl. The van der Waals surface area contributed by atoms with Crippen LogP contribution in [0.25, 0.3) is 0 Å². The van der Waals surface area contributed by atoms with Gasteiger partial charge in [0.05, 0.1) is 5.92 Å². The zero-order valence-corrected chi connectivity index (χ0v) is 15.0. The van der Waals surface area contributed by atoms with Gasteiger partial charge in [-0.3, -0.25) is 20.2 Å². The molecule has 0 aromatic rings. The molecule has 0 radical (unpaired) electrons. The molecular formula is C15H14ClF6N3O4. The first-order valence-electron chi connectivity index (χ1n) is 7.67. The Morgan fingerprint density at radius 3 is 1.55 bits per heavy atom. The number of alkyl halides is 7. The van der Waals surface area contributed by atoms with Crippen molar-refractivity contribution in [3.05, 3.63) is 68.8 Å². The van der Waals surface area contributed by atoms with E-state index in [0.717, 1.165) is 24.3 Å². The number of halogens is 7. The fraction of sp³-hybridized carbons (Fsp3) is 0.467. The average Bonchev–Trinajstić information content (AvgIpc) is 2.60. The van der Waals surface area contributed by atoms with Crippen molar-refractivity contribution in [3.8, 4) is 0 Å². The summed E-state index contributed by atoms with van der Waals surface area (Å²) in [5.41, 5.74) is -1.17. The number of allylic oxidation sites excluding steroid dienone is 4. The summed E-state index contributed by atoms with van der Waals surface area (Å²) in [6, 6.07) is 0. The zero-order valence-electron chi connectivity index (χ0n) is 14.2. The van der Waals surface area contributed by atoms with Gasteiger partial charge in [0.2, 0.25) is 0 Å². The van der Waals surface area contributed by atoms with E-state index in [9.17, 15) is 46.6 Å². The topological polar surface area (TPSA) is 112 Å². The van der Waals surface area contributed by atoms with Gasteiger partial charge in [-0.1, -0.05) is 36.5 Å². The van der Waals surface area contributed by atoms with Gasteiger partial charge in [0.15, 0.2) is 0 Å². The number of hydrogen-bond acceptors (Lipinski definition) is 5. The predicted molar refractivity (Wildman–Crippen MR) is 90.3 cm³/mol. The smallest absolute Gasteiger partial charge is 0.330 e. The fourth-order valence-corrected chi connectivity index (χ4v) is 3.01. The average molecular weight is 450 g/mol. The van der Waals surface area contributed by atoms with Gasteiger partial charge in [0.25, 0.3) is 0 Å². The van der Waals surface area contributed by atoms with E-state index in [2.05, 4.69) is 0 Å². The molecule has 0 heterocycles. The molecule has 2 aliphatic rings. The summed E-state index contributed by atoms with van der Waals surface area (Å²) in [7, 11) is 0. The highest BCUT2D eigenvalue weighted by molar-refractivity contribution is 6.23. The molecule has 4 atom stereocenters. The van der Waals surface area contributed by atoms with Gasteiger partial charge in [0, 0.05) is 28.5 Å². The molecule has 0 aromatic heterocycles. The number of nitrogens with zero attached hydrogens (tertiary/aromatic N) is 2. The molecule has 0 saturated carbocycles. The Morgan fingerprint density at radius 2 is 1.28 bits per heavy atom. The zero-order chi connectivity index (χ0) is 22.7. The lowest BCUT2D eigenvalue weighted by Crippen LogP contribution is -2.57. The van der Waals surface area contributed by atoms with Crippen molar-refractivity contribution in [1.29, 1.82) is 0 Å². The van der Waals surface area contributed by atoms with Gasteiger partial charge >= 0.3 is 23.4 Å². The second kappa shape index (κ2) is 8.53. The molecule has 2 aliphatic carbocycles. The van der Waals surface area contributed by atoms with Crippen LogP contribution < -0.4 is 5.73 Å². The molecule has 0 aromatic carbocycles. The van der Waals surface area contributed by atoms with E-state index in [4.69, 9.17) is 17.3 Å². The lowest BCUT2D eigenvalue weighted by molar-refractivity contribution is -0.605. The summed E-state index contributed by atoms with van der Waals surface area (Å²) in [4.78, 5) is 18.3. The summed E-state index contributed by atoms with van der Waals surface area (Å²) < 4.78 is 75.6. The Balaban J connectivity index is 0.000000291. The number of nitro groups is 2. The van der Waals surface area contributed by atoms with Crippen molar-refractivity contribution in [3.63, 3.8) is 0 Å². The molecule has 0 amide bonds. The minimum absolute atomic E-state index is 0.429. The highest BCUT2D eigenvalue weighted by Crippen LogP contribution is 2.42. The number of rotatable bonds is 3. The lowest BCUT2D eigenvalue weighted by Gasteiger charge is -2.31. The van der Waals surface area contributed by atoms with E-state index in [0.29, 0.717) is 12.2 Å². The molecule has 7 nitrogen and oxygen atoms in total. The first kappa shape index (κ1) is 24.6. The molecular weight excluding hydrogens is 436 g/mol. The molecule has 0 fully saturated rings. The van der Waals surface area contributed by atoms with Gasteiger partial charge in [0.1, 0.15) is 5.38 Å². The Bertz CT molecular complexity index is 764. The van der Waals surface area contributed by atoms with Gasteiger partial charge < -0.3 is 5.73 Å². The van der Waals surface area contributed by atoms with Crippen LogP contribution in [-0.2, 0) is 0 Å². The third-order valence-electron chi connectivity index (χ3n) is 4.30. The second-order valence-electron chi connectivity index (χ2n) is 5.89. The summed E-state index contributed by atoms with van der Waals surface area (Å²) in [5, 5.41) is 19.4. The van der Waals surface area contributed by atoms with Crippen LogP contribution in [0.1, 0.15) is 0 Å². The normalized spacial score (nSPS) is 31.2. The Hall–Kier alpha value is -2.41. The summed E-state index contributed by atoms with van der Waals surface area (Å²) in [5.74, 6) is -1.36. The molecule has 0 aliphatic heterocycles. The molecule has 14 heteroatoms. The monoisotopic (exact) mass is 449 g/mol. The predicted octanol–water partition coefficient (Wildman–Crippen LogP) is 3.56. The minimum Gasteiger partial charge on any atom is -0.330 e. The van der Waals surface area contributed by atoms with Gasteiger partial charge in [-0.25, -0.2) is 0 Å². The van der Waals surface area contributed by atoms with E-state index in [1.165, 1.54) is 12.2 Å². The Labute approximate surface area is 164 Å². The maximum Gasteiger partial charge on any atom is 0.466 e. The van der Waals surface area contributed by atoms with Crippen molar-refractivity contribution in [2.75, 3.05) is 6.54 Å². The van der Waals surface area contributed by atoms with Crippen LogP contribution in [0.5, 0.6) is 0 Å². The highest BCUT2D eigenvalue weighted by Gasteiger charge is 2.69. The van der Waals surface area contributed by atoms with Crippen LogP contribution in [-0.4, -0.2) is 45.2 Å². The second-order valence-corrected chi connectivity index (χ2v) is 6.36. The minimum atomic E-state index is -5.01. The largest absolute Gasteiger partial charge is 0.466 e. The Kier molecular flexibility index (Phi) is 7.24. The van der Waals surface area contributed by atoms with Crippen LogP contribution in [0.15, 0.2) is 48.6 Å². The summed E-state index contributed by atoms with van der Waals surface area (Å²) in [6.45, 7) is -0.429. The van der Waals surface area contributed by atoms with Crippen LogP contribution in [0.2, 0.25) is 0 Å². The van der Waals surface area contributed by atoms with E-state index in [1.54, 1.807) is 0 Å². The van der Waals surface area contributed by atoms with Gasteiger partial charge in [-0.2, -0.15) is 26.3 Å². The maximum atomic E-state index is 12.7. The molecule has 0 bridgehead atoms. The van der Waals surface area contributed by atoms with Crippen LogP contribution in [0, 0.1) is 26.1 Å². The van der Waals surface area contributed by atoms with Crippen molar-refractivity contribution in [2.45, 2.75) is 28.8 Å². The highest BCUT2D eigenvalue weighted by atomic mass is 35.5. The molecule has 2 N–H and O–H groups in total. The Morgan fingerprint density at radius 1 is 0.862 bits per heavy atom. The number of nitrogens with two attached hydrogens (primary N) is 1. The first-order valence-corrected chi connectivity index (χ1v) is 8.10. The molecule has 0 spiro atoms. The molecule has 4 unspecified atom stereocenters. The summed E-state index contributed by atoms with van der Waals surface area (Å²) >= 11 is 5.32. The standard InChI is InChI=1S/C8H9F3N2O2.C7H5ClF3NO2/c9-8(10,11)7(13(14)15)4-2-1-3-6(7)5-12;8-5-3-1-2-4-6(5,12(13)14)7(9,10)11/h1-4,6H,5,12H2;1-5H. The van der Waals surface area contributed by atoms with Crippen molar-refractivity contribution < 1.29 is 36.2 Å². The third-order valence-corrected chi connectivity index (χ3v) is 4.78.